The summed E-state index contributed by atoms with van der Waals surface area (Å²) in [7, 11) is 0. The molecule has 0 aliphatic rings. The molecular weight excluding hydrogens is 298 g/mol. The van der Waals surface area contributed by atoms with Crippen molar-refractivity contribution in [3.63, 3.8) is 0 Å². The Morgan fingerprint density at radius 3 is 2.41 bits per heavy atom. The van der Waals surface area contributed by atoms with Crippen LogP contribution in [0.3, 0.4) is 0 Å². The SMILES string of the molecule is CCOC(=O)CCc1cccc(OC(F)F)c1C(=O)OCC. The number of rotatable bonds is 8. The lowest BCUT2D eigenvalue weighted by atomic mass is 10.0. The Morgan fingerprint density at radius 1 is 1.14 bits per heavy atom. The molecule has 0 aliphatic carbocycles. The summed E-state index contributed by atoms with van der Waals surface area (Å²) in [5.41, 5.74) is 0.304. The first-order chi connectivity index (χ1) is 10.5. The van der Waals surface area contributed by atoms with Crippen LogP contribution in [-0.2, 0) is 20.7 Å². The van der Waals surface area contributed by atoms with Gasteiger partial charge in [-0.1, -0.05) is 12.1 Å². The Hall–Kier alpha value is -2.18. The first kappa shape index (κ1) is 17.9. The maximum absolute atomic E-state index is 12.4. The Bertz CT molecular complexity index is 517. The predicted octanol–water partition coefficient (Wildman–Crippen LogP) is 2.96. The summed E-state index contributed by atoms with van der Waals surface area (Å²) in [6, 6.07) is 4.29. The molecule has 7 heteroatoms. The zero-order valence-electron chi connectivity index (χ0n) is 12.4. The lowest BCUT2D eigenvalue weighted by Gasteiger charge is -2.14. The summed E-state index contributed by atoms with van der Waals surface area (Å²) in [4.78, 5) is 23.4. The van der Waals surface area contributed by atoms with Gasteiger partial charge in [-0.25, -0.2) is 4.79 Å². The van der Waals surface area contributed by atoms with Crippen molar-refractivity contribution >= 4 is 11.9 Å². The molecule has 1 aromatic rings. The third-order valence-electron chi connectivity index (χ3n) is 2.71. The van der Waals surface area contributed by atoms with Crippen molar-refractivity contribution in [2.75, 3.05) is 13.2 Å². The molecule has 0 aromatic heterocycles. The van der Waals surface area contributed by atoms with Crippen LogP contribution in [0.25, 0.3) is 0 Å². The molecule has 0 saturated carbocycles. The predicted molar refractivity (Wildman–Crippen MR) is 74.0 cm³/mol. The van der Waals surface area contributed by atoms with Gasteiger partial charge in [0.25, 0.3) is 0 Å². The first-order valence-corrected chi connectivity index (χ1v) is 6.89. The number of carbonyl (C=O) groups is 2. The van der Waals surface area contributed by atoms with E-state index in [9.17, 15) is 18.4 Å². The van der Waals surface area contributed by atoms with Crippen molar-refractivity contribution in [3.05, 3.63) is 29.3 Å². The third-order valence-corrected chi connectivity index (χ3v) is 2.71. The molecule has 122 valence electrons. The molecule has 1 aromatic carbocycles. The fraction of sp³-hybridized carbons (Fsp3) is 0.467. The number of benzene rings is 1. The van der Waals surface area contributed by atoms with E-state index in [-0.39, 0.29) is 37.4 Å². The molecule has 0 unspecified atom stereocenters. The summed E-state index contributed by atoms with van der Waals surface area (Å²) in [6.07, 6.45) is 0.186. The lowest BCUT2D eigenvalue weighted by Crippen LogP contribution is -2.14. The number of hydrogen-bond donors (Lipinski definition) is 0. The summed E-state index contributed by atoms with van der Waals surface area (Å²) in [5.74, 6) is -1.47. The van der Waals surface area contributed by atoms with Gasteiger partial charge >= 0.3 is 18.6 Å². The van der Waals surface area contributed by atoms with Crippen molar-refractivity contribution in [1.82, 2.24) is 0 Å². The topological polar surface area (TPSA) is 61.8 Å². The van der Waals surface area contributed by atoms with Crippen LogP contribution < -0.4 is 4.74 Å². The van der Waals surface area contributed by atoms with E-state index in [1.165, 1.54) is 12.1 Å². The van der Waals surface area contributed by atoms with E-state index in [0.717, 1.165) is 0 Å². The van der Waals surface area contributed by atoms with Crippen LogP contribution in [0.2, 0.25) is 0 Å². The second kappa shape index (κ2) is 8.96. The molecule has 5 nitrogen and oxygen atoms in total. The lowest BCUT2D eigenvalue weighted by molar-refractivity contribution is -0.143. The largest absolute Gasteiger partial charge is 0.466 e. The molecule has 0 radical (unpaired) electrons. The fourth-order valence-electron chi connectivity index (χ4n) is 1.88. The normalized spacial score (nSPS) is 10.4. The molecular formula is C15H18F2O5. The minimum absolute atomic E-state index is 0.0262. The zero-order valence-corrected chi connectivity index (χ0v) is 12.4. The molecule has 1 rings (SSSR count). The van der Waals surface area contributed by atoms with E-state index in [1.54, 1.807) is 19.9 Å². The Labute approximate surface area is 127 Å². The Morgan fingerprint density at radius 2 is 1.82 bits per heavy atom. The van der Waals surface area contributed by atoms with Gasteiger partial charge in [-0.3, -0.25) is 4.79 Å². The average Bonchev–Trinajstić information content (AvgIpc) is 2.45. The summed E-state index contributed by atoms with van der Waals surface area (Å²) >= 11 is 0. The van der Waals surface area contributed by atoms with Gasteiger partial charge in [0, 0.05) is 6.42 Å². The van der Waals surface area contributed by atoms with Crippen molar-refractivity contribution < 1.29 is 32.6 Å². The molecule has 0 spiro atoms. The van der Waals surface area contributed by atoms with E-state index >= 15 is 0 Å². The first-order valence-electron chi connectivity index (χ1n) is 6.89. The summed E-state index contributed by atoms with van der Waals surface area (Å²) in [6.45, 7) is 0.566. The van der Waals surface area contributed by atoms with Crippen molar-refractivity contribution in [3.8, 4) is 5.75 Å². The highest BCUT2D eigenvalue weighted by Crippen LogP contribution is 2.26. The number of hydrogen-bond acceptors (Lipinski definition) is 5. The summed E-state index contributed by atoms with van der Waals surface area (Å²) < 4.78 is 38.9. The number of carbonyl (C=O) groups excluding carboxylic acids is 2. The van der Waals surface area contributed by atoms with E-state index in [2.05, 4.69) is 4.74 Å². The van der Waals surface area contributed by atoms with Gasteiger partial charge in [-0.05, 0) is 31.9 Å². The molecule has 0 saturated heterocycles. The smallest absolute Gasteiger partial charge is 0.387 e. The number of alkyl halides is 2. The highest BCUT2D eigenvalue weighted by molar-refractivity contribution is 5.94. The average molecular weight is 316 g/mol. The van der Waals surface area contributed by atoms with Crippen LogP contribution in [0.1, 0.15) is 36.2 Å². The minimum atomic E-state index is -3.06. The molecule has 22 heavy (non-hydrogen) atoms. The van der Waals surface area contributed by atoms with E-state index in [1.807, 2.05) is 0 Å². The second-order valence-corrected chi connectivity index (χ2v) is 4.19. The van der Waals surface area contributed by atoms with Crippen molar-refractivity contribution in [2.45, 2.75) is 33.3 Å². The Kier molecular flexibility index (Phi) is 7.28. The highest BCUT2D eigenvalue weighted by Gasteiger charge is 2.21. The number of halogens is 2. The highest BCUT2D eigenvalue weighted by atomic mass is 19.3. The minimum Gasteiger partial charge on any atom is -0.466 e. The monoisotopic (exact) mass is 316 g/mol. The fourth-order valence-corrected chi connectivity index (χ4v) is 1.88. The van der Waals surface area contributed by atoms with Crippen LogP contribution in [0, 0.1) is 0 Å². The zero-order chi connectivity index (χ0) is 16.5. The van der Waals surface area contributed by atoms with Gasteiger partial charge in [-0.2, -0.15) is 8.78 Å². The maximum atomic E-state index is 12.4. The van der Waals surface area contributed by atoms with Gasteiger partial charge < -0.3 is 14.2 Å². The van der Waals surface area contributed by atoms with Crippen LogP contribution in [0.4, 0.5) is 8.78 Å². The molecule has 0 N–H and O–H groups in total. The number of aryl methyl sites for hydroxylation is 1. The van der Waals surface area contributed by atoms with Gasteiger partial charge in [0.05, 0.1) is 13.2 Å². The van der Waals surface area contributed by atoms with Crippen molar-refractivity contribution in [2.24, 2.45) is 0 Å². The Balaban J connectivity index is 3.03. The van der Waals surface area contributed by atoms with Gasteiger partial charge in [0.2, 0.25) is 0 Å². The van der Waals surface area contributed by atoms with Gasteiger partial charge in [-0.15, -0.1) is 0 Å². The van der Waals surface area contributed by atoms with Crippen LogP contribution in [-0.4, -0.2) is 31.8 Å². The van der Waals surface area contributed by atoms with Crippen LogP contribution in [0.15, 0.2) is 18.2 Å². The van der Waals surface area contributed by atoms with E-state index < -0.39 is 18.6 Å². The number of ether oxygens (including phenoxy) is 3. The van der Waals surface area contributed by atoms with E-state index in [0.29, 0.717) is 5.56 Å². The second-order valence-electron chi connectivity index (χ2n) is 4.19. The molecule has 0 atom stereocenters. The summed E-state index contributed by atoms with van der Waals surface area (Å²) in [5, 5.41) is 0. The van der Waals surface area contributed by atoms with Gasteiger partial charge in [0.1, 0.15) is 11.3 Å². The van der Waals surface area contributed by atoms with E-state index in [4.69, 9.17) is 9.47 Å². The van der Waals surface area contributed by atoms with Crippen molar-refractivity contribution in [1.29, 1.82) is 0 Å². The van der Waals surface area contributed by atoms with Crippen LogP contribution in [0.5, 0.6) is 5.75 Å². The van der Waals surface area contributed by atoms with Crippen LogP contribution >= 0.6 is 0 Å². The quantitative estimate of drug-likeness (QED) is 0.690. The molecule has 0 heterocycles. The molecule has 0 amide bonds. The number of esters is 2. The maximum Gasteiger partial charge on any atom is 0.387 e. The molecule has 0 aliphatic heterocycles. The van der Waals surface area contributed by atoms with Gasteiger partial charge in [0.15, 0.2) is 0 Å². The third kappa shape index (κ3) is 5.31. The molecule has 0 bridgehead atoms. The molecule has 0 fully saturated rings. The standard InChI is InChI=1S/C15H18F2O5/c1-3-20-12(18)9-8-10-6-5-7-11(22-15(16)17)13(10)14(19)21-4-2/h5-7,15H,3-4,8-9H2,1-2H3.